The van der Waals surface area contributed by atoms with E-state index in [2.05, 4.69) is 19.2 Å². The van der Waals surface area contributed by atoms with Crippen LogP contribution in [0.25, 0.3) is 0 Å². The number of nitrogens with two attached hydrogens (primary N) is 1. The molecular formula is C13H24N2OS. The van der Waals surface area contributed by atoms with Crippen molar-refractivity contribution in [1.29, 1.82) is 0 Å². The number of hydrogen-bond donors (Lipinski definition) is 2. The number of rotatable bonds is 4. The van der Waals surface area contributed by atoms with Gasteiger partial charge in [0.25, 0.3) is 0 Å². The maximum atomic E-state index is 12.0. The van der Waals surface area contributed by atoms with Crippen LogP contribution >= 0.6 is 12.2 Å². The van der Waals surface area contributed by atoms with E-state index in [1.54, 1.807) is 0 Å². The van der Waals surface area contributed by atoms with Crippen molar-refractivity contribution in [1.82, 2.24) is 5.32 Å². The molecule has 1 saturated carbocycles. The van der Waals surface area contributed by atoms with E-state index in [0.717, 1.165) is 12.8 Å². The molecule has 0 aromatic heterocycles. The van der Waals surface area contributed by atoms with Crippen LogP contribution in [0.4, 0.5) is 0 Å². The summed E-state index contributed by atoms with van der Waals surface area (Å²) >= 11 is 4.92. The molecular weight excluding hydrogens is 232 g/mol. The van der Waals surface area contributed by atoms with Crippen LogP contribution in [-0.2, 0) is 4.79 Å². The van der Waals surface area contributed by atoms with E-state index < -0.39 is 0 Å². The summed E-state index contributed by atoms with van der Waals surface area (Å²) in [6.45, 7) is 6.46. The van der Waals surface area contributed by atoms with Gasteiger partial charge in [0.05, 0.1) is 10.9 Å². The van der Waals surface area contributed by atoms with Crippen LogP contribution in [0.3, 0.4) is 0 Å². The molecule has 1 amide bonds. The molecule has 98 valence electrons. The Morgan fingerprint density at radius 3 is 2.71 bits per heavy atom. The summed E-state index contributed by atoms with van der Waals surface area (Å²) in [5.41, 5.74) is 5.91. The highest BCUT2D eigenvalue weighted by Crippen LogP contribution is 2.35. The summed E-state index contributed by atoms with van der Waals surface area (Å²) in [5, 5.41) is 3.10. The van der Waals surface area contributed by atoms with Crippen molar-refractivity contribution in [3.05, 3.63) is 0 Å². The summed E-state index contributed by atoms with van der Waals surface area (Å²) in [7, 11) is 0. The van der Waals surface area contributed by atoms with E-state index in [1.165, 1.54) is 12.8 Å². The Bertz CT molecular complexity index is 302. The van der Waals surface area contributed by atoms with Crippen LogP contribution in [0, 0.1) is 11.3 Å². The maximum absolute atomic E-state index is 12.0. The topological polar surface area (TPSA) is 55.1 Å². The minimum atomic E-state index is -0.310. The van der Waals surface area contributed by atoms with E-state index in [9.17, 15) is 4.79 Å². The molecule has 0 aliphatic heterocycles. The van der Waals surface area contributed by atoms with E-state index in [1.807, 2.05) is 6.92 Å². The van der Waals surface area contributed by atoms with Gasteiger partial charge in [-0.1, -0.05) is 39.4 Å². The van der Waals surface area contributed by atoms with Gasteiger partial charge in [-0.2, -0.15) is 0 Å². The van der Waals surface area contributed by atoms with Crippen molar-refractivity contribution < 1.29 is 4.79 Å². The summed E-state index contributed by atoms with van der Waals surface area (Å²) in [5.74, 6) is -0.308. The molecule has 0 heterocycles. The van der Waals surface area contributed by atoms with Gasteiger partial charge < -0.3 is 11.1 Å². The zero-order valence-corrected chi connectivity index (χ0v) is 11.9. The highest BCUT2D eigenvalue weighted by atomic mass is 32.1. The zero-order valence-electron chi connectivity index (χ0n) is 11.1. The van der Waals surface area contributed by atoms with Crippen molar-refractivity contribution in [3.63, 3.8) is 0 Å². The lowest BCUT2D eigenvalue weighted by atomic mass is 9.75. The van der Waals surface area contributed by atoms with E-state index in [4.69, 9.17) is 18.0 Å². The second-order valence-electron chi connectivity index (χ2n) is 5.83. The molecule has 1 fully saturated rings. The van der Waals surface area contributed by atoms with Crippen molar-refractivity contribution >= 4 is 23.1 Å². The first kappa shape index (κ1) is 14.4. The average Bonchev–Trinajstić information content (AvgIpc) is 2.15. The summed E-state index contributed by atoms with van der Waals surface area (Å²) in [6.07, 6.45) is 5.22. The Morgan fingerprint density at radius 2 is 2.24 bits per heavy atom. The molecule has 4 heteroatoms. The quantitative estimate of drug-likeness (QED) is 0.759. The highest BCUT2D eigenvalue weighted by molar-refractivity contribution is 7.80. The predicted molar refractivity (Wildman–Crippen MR) is 74.7 cm³/mol. The first-order chi connectivity index (χ1) is 7.85. The number of amides is 1. The fraction of sp³-hybridized carbons (Fsp3) is 0.846. The van der Waals surface area contributed by atoms with Gasteiger partial charge in [0.2, 0.25) is 5.91 Å². The Morgan fingerprint density at radius 1 is 1.59 bits per heavy atom. The van der Waals surface area contributed by atoms with Crippen LogP contribution < -0.4 is 11.1 Å². The maximum Gasteiger partial charge on any atom is 0.230 e. The highest BCUT2D eigenvalue weighted by Gasteiger charge is 2.30. The van der Waals surface area contributed by atoms with Gasteiger partial charge in [0.1, 0.15) is 0 Å². The molecule has 2 atom stereocenters. The minimum Gasteiger partial charge on any atom is -0.393 e. The van der Waals surface area contributed by atoms with Gasteiger partial charge in [-0.05, 0) is 31.1 Å². The molecule has 0 aromatic carbocycles. The Balaban J connectivity index is 2.53. The van der Waals surface area contributed by atoms with Gasteiger partial charge in [0.15, 0.2) is 0 Å². The first-order valence-corrected chi connectivity index (χ1v) is 6.86. The standard InChI is InChI=1S/C13H24N2OS/c1-4-10(11(14)17)12(16)15-9-6-5-7-13(2,3)8-9/h9-10H,4-8H2,1-3H3,(H2,14,17)(H,15,16). The lowest BCUT2D eigenvalue weighted by Gasteiger charge is -2.36. The van der Waals surface area contributed by atoms with Crippen LogP contribution in [0.1, 0.15) is 52.9 Å². The van der Waals surface area contributed by atoms with Gasteiger partial charge in [-0.25, -0.2) is 0 Å². The van der Waals surface area contributed by atoms with Gasteiger partial charge in [0, 0.05) is 6.04 Å². The fourth-order valence-electron chi connectivity index (χ4n) is 2.64. The van der Waals surface area contributed by atoms with Gasteiger partial charge in [-0.15, -0.1) is 0 Å². The largest absolute Gasteiger partial charge is 0.393 e. The lowest BCUT2D eigenvalue weighted by Crippen LogP contribution is -2.45. The van der Waals surface area contributed by atoms with E-state index in [0.29, 0.717) is 16.8 Å². The lowest BCUT2D eigenvalue weighted by molar-refractivity contribution is -0.124. The van der Waals surface area contributed by atoms with Gasteiger partial charge >= 0.3 is 0 Å². The average molecular weight is 256 g/mol. The van der Waals surface area contributed by atoms with Crippen molar-refractivity contribution in [2.45, 2.75) is 58.9 Å². The molecule has 1 rings (SSSR count). The Kier molecular flexibility index (Phi) is 4.92. The number of carbonyl (C=O) groups is 1. The predicted octanol–water partition coefficient (Wildman–Crippen LogP) is 2.38. The molecule has 1 aliphatic rings. The van der Waals surface area contributed by atoms with Crippen molar-refractivity contribution in [2.75, 3.05) is 0 Å². The fourth-order valence-corrected chi connectivity index (χ4v) is 2.91. The SMILES string of the molecule is CCC(C(=O)NC1CCCC(C)(C)C1)C(N)=S. The molecule has 0 aromatic rings. The second-order valence-corrected chi connectivity index (χ2v) is 6.30. The second kappa shape index (κ2) is 5.80. The monoisotopic (exact) mass is 256 g/mol. The normalized spacial score (nSPS) is 25.0. The molecule has 0 saturated heterocycles. The van der Waals surface area contributed by atoms with E-state index in [-0.39, 0.29) is 17.9 Å². The molecule has 0 spiro atoms. The van der Waals surface area contributed by atoms with Crippen LogP contribution in [-0.4, -0.2) is 16.9 Å². The number of thiocarbonyl (C=S) groups is 1. The summed E-state index contributed by atoms with van der Waals surface area (Å²) < 4.78 is 0. The summed E-state index contributed by atoms with van der Waals surface area (Å²) in [6, 6.07) is 0.287. The Labute approximate surface area is 110 Å². The molecule has 2 unspecified atom stereocenters. The molecule has 1 aliphatic carbocycles. The Hall–Kier alpha value is -0.640. The van der Waals surface area contributed by atoms with Crippen molar-refractivity contribution in [2.24, 2.45) is 17.1 Å². The number of nitrogens with one attached hydrogen (secondary N) is 1. The smallest absolute Gasteiger partial charge is 0.230 e. The summed E-state index contributed by atoms with van der Waals surface area (Å²) in [4.78, 5) is 12.3. The van der Waals surface area contributed by atoms with Crippen LogP contribution in [0.15, 0.2) is 0 Å². The third-order valence-corrected chi connectivity index (χ3v) is 3.90. The molecule has 0 radical (unpaired) electrons. The third-order valence-electron chi connectivity index (χ3n) is 3.62. The van der Waals surface area contributed by atoms with E-state index >= 15 is 0 Å². The van der Waals surface area contributed by atoms with Crippen molar-refractivity contribution in [3.8, 4) is 0 Å². The minimum absolute atomic E-state index is 0.00250. The van der Waals surface area contributed by atoms with Crippen LogP contribution in [0.5, 0.6) is 0 Å². The number of carbonyl (C=O) groups excluding carboxylic acids is 1. The molecule has 0 bridgehead atoms. The zero-order chi connectivity index (χ0) is 13.1. The third kappa shape index (κ3) is 4.26. The number of hydrogen-bond acceptors (Lipinski definition) is 2. The molecule has 17 heavy (non-hydrogen) atoms. The molecule has 3 N–H and O–H groups in total. The van der Waals surface area contributed by atoms with Crippen LogP contribution in [0.2, 0.25) is 0 Å². The van der Waals surface area contributed by atoms with Gasteiger partial charge in [-0.3, -0.25) is 4.79 Å². The molecule has 3 nitrogen and oxygen atoms in total. The first-order valence-electron chi connectivity index (χ1n) is 6.45.